The van der Waals surface area contributed by atoms with Crippen LogP contribution in [0.4, 0.5) is 4.79 Å². The standard InChI is InChI=1S/C16H20N2O4S/c1-11(15-8-13-4-2-3-5-14(13)22-15)18-16(19)17-9-12-6-7-23(20,21)10-12/h2-5,8,11-12H,6-7,9-10H2,1H3,(H2,17,18,19)/t11-,12+/m1/s1. The molecule has 2 atom stereocenters. The fraction of sp³-hybridized carbons (Fsp3) is 0.438. The Kier molecular flexibility index (Phi) is 4.30. The minimum Gasteiger partial charge on any atom is -0.459 e. The first-order chi connectivity index (χ1) is 10.9. The lowest BCUT2D eigenvalue weighted by Gasteiger charge is -2.14. The Morgan fingerprint density at radius 1 is 1.39 bits per heavy atom. The topological polar surface area (TPSA) is 88.4 Å². The Morgan fingerprint density at radius 2 is 2.17 bits per heavy atom. The maximum Gasteiger partial charge on any atom is 0.315 e. The third-order valence-electron chi connectivity index (χ3n) is 4.10. The second-order valence-electron chi connectivity index (χ2n) is 6.03. The average molecular weight is 336 g/mol. The minimum atomic E-state index is -2.91. The smallest absolute Gasteiger partial charge is 0.315 e. The van der Waals surface area contributed by atoms with Gasteiger partial charge in [-0.05, 0) is 31.4 Å². The van der Waals surface area contributed by atoms with Crippen LogP contribution in [-0.4, -0.2) is 32.5 Å². The van der Waals surface area contributed by atoms with E-state index in [-0.39, 0.29) is 29.5 Å². The summed E-state index contributed by atoms with van der Waals surface area (Å²) < 4.78 is 28.5. The first-order valence-corrected chi connectivity index (χ1v) is 9.48. The molecule has 1 aromatic heterocycles. The molecule has 1 saturated heterocycles. The second kappa shape index (κ2) is 6.23. The molecule has 2 aromatic rings. The highest BCUT2D eigenvalue weighted by molar-refractivity contribution is 7.91. The second-order valence-corrected chi connectivity index (χ2v) is 8.26. The van der Waals surface area contributed by atoms with Gasteiger partial charge in [0, 0.05) is 11.9 Å². The molecule has 1 fully saturated rings. The largest absolute Gasteiger partial charge is 0.459 e. The van der Waals surface area contributed by atoms with Gasteiger partial charge in [-0.1, -0.05) is 18.2 Å². The van der Waals surface area contributed by atoms with E-state index in [1.165, 1.54) is 0 Å². The fourth-order valence-corrected chi connectivity index (χ4v) is 4.67. The van der Waals surface area contributed by atoms with Crippen molar-refractivity contribution in [2.24, 2.45) is 5.92 Å². The third kappa shape index (κ3) is 3.85. The predicted octanol–water partition coefficient (Wildman–Crippen LogP) is 2.23. The highest BCUT2D eigenvalue weighted by Crippen LogP contribution is 2.23. The number of furan rings is 1. The molecule has 3 rings (SSSR count). The number of hydrogen-bond donors (Lipinski definition) is 2. The zero-order valence-corrected chi connectivity index (χ0v) is 13.7. The van der Waals surface area contributed by atoms with Crippen LogP contribution in [0.1, 0.15) is 25.1 Å². The Morgan fingerprint density at radius 3 is 2.87 bits per heavy atom. The molecule has 0 unspecified atom stereocenters. The van der Waals surface area contributed by atoms with Crippen LogP contribution in [0.15, 0.2) is 34.7 Å². The summed E-state index contributed by atoms with van der Waals surface area (Å²) in [7, 11) is -2.91. The number of benzene rings is 1. The Hall–Kier alpha value is -2.02. The molecular weight excluding hydrogens is 316 g/mol. The van der Waals surface area contributed by atoms with Crippen molar-refractivity contribution in [2.45, 2.75) is 19.4 Å². The van der Waals surface area contributed by atoms with E-state index in [2.05, 4.69) is 10.6 Å². The minimum absolute atomic E-state index is 0.00672. The zero-order chi connectivity index (χ0) is 16.4. The van der Waals surface area contributed by atoms with E-state index in [0.29, 0.717) is 18.7 Å². The van der Waals surface area contributed by atoms with Crippen LogP contribution in [0.3, 0.4) is 0 Å². The van der Waals surface area contributed by atoms with Crippen LogP contribution >= 0.6 is 0 Å². The summed E-state index contributed by atoms with van der Waals surface area (Å²) in [5.74, 6) is 1.07. The number of sulfone groups is 1. The maximum absolute atomic E-state index is 11.9. The zero-order valence-electron chi connectivity index (χ0n) is 12.9. The Bertz CT molecular complexity index is 779. The van der Waals surface area contributed by atoms with Crippen molar-refractivity contribution in [1.29, 1.82) is 0 Å². The summed E-state index contributed by atoms with van der Waals surface area (Å²) in [5.41, 5.74) is 0.785. The summed E-state index contributed by atoms with van der Waals surface area (Å²) in [6.07, 6.45) is 0.613. The lowest BCUT2D eigenvalue weighted by molar-refractivity contribution is 0.235. The van der Waals surface area contributed by atoms with Crippen molar-refractivity contribution in [3.05, 3.63) is 36.1 Å². The van der Waals surface area contributed by atoms with E-state index in [9.17, 15) is 13.2 Å². The third-order valence-corrected chi connectivity index (χ3v) is 5.93. The summed E-state index contributed by atoms with van der Waals surface area (Å²) in [6, 6.07) is 8.99. The van der Waals surface area contributed by atoms with Crippen LogP contribution in [0.2, 0.25) is 0 Å². The molecule has 1 aromatic carbocycles. The molecule has 2 amide bonds. The molecule has 1 aliphatic rings. The van der Waals surface area contributed by atoms with Crippen molar-refractivity contribution >= 4 is 26.8 Å². The molecule has 0 aliphatic carbocycles. The summed E-state index contributed by atoms with van der Waals surface area (Å²) >= 11 is 0. The van der Waals surface area contributed by atoms with Crippen molar-refractivity contribution in [2.75, 3.05) is 18.1 Å². The summed E-state index contributed by atoms with van der Waals surface area (Å²) in [6.45, 7) is 2.22. The molecule has 23 heavy (non-hydrogen) atoms. The van der Waals surface area contributed by atoms with Crippen molar-refractivity contribution in [3.8, 4) is 0 Å². The molecular formula is C16H20N2O4S. The van der Waals surface area contributed by atoms with E-state index in [4.69, 9.17) is 4.42 Å². The van der Waals surface area contributed by atoms with Gasteiger partial charge in [-0.15, -0.1) is 0 Å². The van der Waals surface area contributed by atoms with Gasteiger partial charge in [0.1, 0.15) is 11.3 Å². The number of para-hydroxylation sites is 1. The number of amides is 2. The molecule has 1 aliphatic heterocycles. The van der Waals surface area contributed by atoms with Crippen LogP contribution < -0.4 is 10.6 Å². The van der Waals surface area contributed by atoms with Gasteiger partial charge in [-0.25, -0.2) is 13.2 Å². The monoisotopic (exact) mass is 336 g/mol. The van der Waals surface area contributed by atoms with Gasteiger partial charge in [0.15, 0.2) is 9.84 Å². The summed E-state index contributed by atoms with van der Waals surface area (Å²) in [4.78, 5) is 11.9. The van der Waals surface area contributed by atoms with Gasteiger partial charge in [0.05, 0.1) is 17.5 Å². The number of hydrogen-bond acceptors (Lipinski definition) is 4. The lowest BCUT2D eigenvalue weighted by Crippen LogP contribution is -2.39. The highest BCUT2D eigenvalue weighted by atomic mass is 32.2. The van der Waals surface area contributed by atoms with Gasteiger partial charge in [-0.2, -0.15) is 0 Å². The number of rotatable bonds is 4. The Balaban J connectivity index is 1.53. The van der Waals surface area contributed by atoms with Gasteiger partial charge < -0.3 is 15.1 Å². The fourth-order valence-electron chi connectivity index (χ4n) is 2.80. The number of fused-ring (bicyclic) bond motifs is 1. The van der Waals surface area contributed by atoms with Gasteiger partial charge in [0.2, 0.25) is 0 Å². The first kappa shape index (κ1) is 15.9. The van der Waals surface area contributed by atoms with E-state index in [1.807, 2.05) is 37.3 Å². The van der Waals surface area contributed by atoms with Crippen molar-refractivity contribution < 1.29 is 17.6 Å². The molecule has 6 nitrogen and oxygen atoms in total. The van der Waals surface area contributed by atoms with Crippen LogP contribution in [0, 0.1) is 5.92 Å². The van der Waals surface area contributed by atoms with Gasteiger partial charge >= 0.3 is 6.03 Å². The normalized spacial score (nSPS) is 21.2. The SMILES string of the molecule is C[C@@H](NC(=O)NC[C@@H]1CCS(=O)(=O)C1)c1cc2ccccc2o1. The molecule has 0 saturated carbocycles. The van der Waals surface area contributed by atoms with Crippen molar-refractivity contribution in [1.82, 2.24) is 10.6 Å². The molecule has 2 heterocycles. The van der Waals surface area contributed by atoms with Gasteiger partial charge in [-0.3, -0.25) is 0 Å². The van der Waals surface area contributed by atoms with Crippen LogP contribution in [0.25, 0.3) is 11.0 Å². The van der Waals surface area contributed by atoms with E-state index in [1.54, 1.807) is 0 Å². The molecule has 2 N–H and O–H groups in total. The molecule has 0 spiro atoms. The average Bonchev–Trinajstić information content (AvgIpc) is 3.08. The molecule has 124 valence electrons. The lowest BCUT2D eigenvalue weighted by atomic mass is 10.1. The van der Waals surface area contributed by atoms with Crippen molar-refractivity contribution in [3.63, 3.8) is 0 Å². The molecule has 0 bridgehead atoms. The Labute approximate surface area is 135 Å². The van der Waals surface area contributed by atoms with E-state index >= 15 is 0 Å². The highest BCUT2D eigenvalue weighted by Gasteiger charge is 2.28. The first-order valence-electron chi connectivity index (χ1n) is 7.66. The number of carbonyl (C=O) groups is 1. The quantitative estimate of drug-likeness (QED) is 0.896. The number of carbonyl (C=O) groups excluding carboxylic acids is 1. The van der Waals surface area contributed by atoms with Crippen LogP contribution in [0.5, 0.6) is 0 Å². The predicted molar refractivity (Wildman–Crippen MR) is 87.9 cm³/mol. The van der Waals surface area contributed by atoms with E-state index < -0.39 is 9.84 Å². The maximum atomic E-state index is 11.9. The number of urea groups is 1. The molecule has 0 radical (unpaired) electrons. The molecule has 7 heteroatoms. The van der Waals surface area contributed by atoms with Gasteiger partial charge in [0.25, 0.3) is 0 Å². The van der Waals surface area contributed by atoms with E-state index in [0.717, 1.165) is 11.0 Å². The summed E-state index contributed by atoms with van der Waals surface area (Å²) in [5, 5.41) is 6.54. The number of nitrogens with one attached hydrogen (secondary N) is 2. The van der Waals surface area contributed by atoms with Crippen LogP contribution in [-0.2, 0) is 9.84 Å².